The normalized spacial score (nSPS) is 10.9. The Kier molecular flexibility index (Phi) is 5.70. The number of amides is 3. The summed E-state index contributed by atoms with van der Waals surface area (Å²) in [5.41, 5.74) is 5.66. The van der Waals surface area contributed by atoms with Gasteiger partial charge in [-0.05, 0) is 25.1 Å². The number of esters is 1. The number of carbonyl (C=O) groups excluding carboxylic acids is 3. The quantitative estimate of drug-likeness (QED) is 0.661. The van der Waals surface area contributed by atoms with Gasteiger partial charge in [0.15, 0.2) is 6.61 Å². The van der Waals surface area contributed by atoms with Crippen LogP contribution in [0.1, 0.15) is 12.5 Å². The van der Waals surface area contributed by atoms with Crippen LogP contribution in [0.15, 0.2) is 24.3 Å². The predicted molar refractivity (Wildman–Crippen MR) is 72.9 cm³/mol. The zero-order valence-corrected chi connectivity index (χ0v) is 11.3. The van der Waals surface area contributed by atoms with Crippen LogP contribution >= 0.6 is 0 Å². The van der Waals surface area contributed by atoms with Gasteiger partial charge >= 0.3 is 12.0 Å². The van der Waals surface area contributed by atoms with Gasteiger partial charge in [-0.15, -0.1) is 0 Å². The Morgan fingerprint density at radius 3 is 2.76 bits per heavy atom. The molecule has 0 heterocycles. The number of nitrogens with one attached hydrogen (secondary N) is 2. The molecule has 0 aliphatic heterocycles. The molecule has 0 fully saturated rings. The van der Waals surface area contributed by atoms with Crippen molar-refractivity contribution in [1.82, 2.24) is 5.32 Å². The Morgan fingerprint density at radius 2 is 2.14 bits per heavy atom. The summed E-state index contributed by atoms with van der Waals surface area (Å²) in [4.78, 5) is 33.5. The van der Waals surface area contributed by atoms with E-state index in [-0.39, 0.29) is 0 Å². The second-order valence-electron chi connectivity index (χ2n) is 4.08. The number of nitriles is 1. The van der Waals surface area contributed by atoms with Crippen molar-refractivity contribution in [2.24, 2.45) is 5.73 Å². The third kappa shape index (κ3) is 5.61. The number of urea groups is 1. The highest BCUT2D eigenvalue weighted by atomic mass is 16.5. The summed E-state index contributed by atoms with van der Waals surface area (Å²) in [5.74, 6) is -1.35. The first-order valence-corrected chi connectivity index (χ1v) is 5.95. The Hall–Kier alpha value is -3.08. The van der Waals surface area contributed by atoms with Gasteiger partial charge in [0.05, 0.1) is 11.6 Å². The van der Waals surface area contributed by atoms with Gasteiger partial charge in [0.1, 0.15) is 6.04 Å². The monoisotopic (exact) mass is 290 g/mol. The van der Waals surface area contributed by atoms with Crippen LogP contribution in [0.5, 0.6) is 0 Å². The van der Waals surface area contributed by atoms with E-state index in [9.17, 15) is 14.4 Å². The smallest absolute Gasteiger partial charge is 0.328 e. The highest BCUT2D eigenvalue weighted by Crippen LogP contribution is 2.09. The highest BCUT2D eigenvalue weighted by Gasteiger charge is 2.16. The van der Waals surface area contributed by atoms with Crippen molar-refractivity contribution in [3.05, 3.63) is 29.8 Å². The molecular weight excluding hydrogens is 276 g/mol. The summed E-state index contributed by atoms with van der Waals surface area (Å²) < 4.78 is 4.71. The molecule has 0 aromatic heterocycles. The van der Waals surface area contributed by atoms with E-state index >= 15 is 0 Å². The summed E-state index contributed by atoms with van der Waals surface area (Å²) in [6.07, 6.45) is 0. The van der Waals surface area contributed by atoms with Gasteiger partial charge in [0.2, 0.25) is 0 Å². The number of primary amides is 1. The molecule has 8 nitrogen and oxygen atoms in total. The van der Waals surface area contributed by atoms with Crippen LogP contribution in [-0.4, -0.2) is 30.6 Å². The molecule has 0 spiro atoms. The fourth-order valence-corrected chi connectivity index (χ4v) is 1.40. The van der Waals surface area contributed by atoms with Crippen LogP contribution in [0.2, 0.25) is 0 Å². The van der Waals surface area contributed by atoms with Gasteiger partial charge in [-0.1, -0.05) is 6.07 Å². The van der Waals surface area contributed by atoms with E-state index in [2.05, 4.69) is 10.6 Å². The molecule has 1 aromatic rings. The topological polar surface area (TPSA) is 134 Å². The highest BCUT2D eigenvalue weighted by molar-refractivity contribution is 5.93. The first kappa shape index (κ1) is 16.0. The van der Waals surface area contributed by atoms with E-state index < -0.39 is 30.6 Å². The molecule has 3 amide bonds. The lowest BCUT2D eigenvalue weighted by Gasteiger charge is -2.11. The fourth-order valence-electron chi connectivity index (χ4n) is 1.40. The number of anilines is 1. The number of benzene rings is 1. The molecule has 0 aliphatic carbocycles. The number of nitrogens with zero attached hydrogens (tertiary/aromatic N) is 1. The molecule has 110 valence electrons. The molecule has 8 heteroatoms. The maximum atomic E-state index is 11.6. The van der Waals surface area contributed by atoms with Crippen LogP contribution in [0.25, 0.3) is 0 Å². The first-order chi connectivity index (χ1) is 9.92. The van der Waals surface area contributed by atoms with Crippen molar-refractivity contribution in [1.29, 1.82) is 5.26 Å². The van der Waals surface area contributed by atoms with E-state index in [1.54, 1.807) is 18.2 Å². The maximum absolute atomic E-state index is 11.6. The zero-order valence-electron chi connectivity index (χ0n) is 11.3. The summed E-state index contributed by atoms with van der Waals surface area (Å²) >= 11 is 0. The van der Waals surface area contributed by atoms with Crippen LogP contribution in [0.3, 0.4) is 0 Å². The largest absolute Gasteiger partial charge is 0.454 e. The Morgan fingerprint density at radius 1 is 1.43 bits per heavy atom. The second-order valence-corrected chi connectivity index (χ2v) is 4.08. The number of nitrogens with two attached hydrogens (primary N) is 1. The summed E-state index contributed by atoms with van der Waals surface area (Å²) in [6.45, 7) is 0.863. The molecule has 21 heavy (non-hydrogen) atoms. The van der Waals surface area contributed by atoms with Gasteiger partial charge in [-0.2, -0.15) is 5.26 Å². The Bertz CT molecular complexity index is 594. The van der Waals surface area contributed by atoms with Gasteiger partial charge < -0.3 is 21.1 Å². The standard InChI is InChI=1S/C13H14N4O4/c1-8(16-13(15)20)12(19)21-7-11(18)17-10-4-2-3-9(5-10)6-14/h2-5,8H,7H2,1H3,(H,17,18)(H3,15,16,20)/t8-/m0/s1. The average molecular weight is 290 g/mol. The first-order valence-electron chi connectivity index (χ1n) is 5.95. The molecular formula is C13H14N4O4. The zero-order chi connectivity index (χ0) is 15.8. The molecule has 0 saturated heterocycles. The third-order valence-corrected chi connectivity index (χ3v) is 2.33. The summed E-state index contributed by atoms with van der Waals surface area (Å²) in [5, 5.41) is 13.3. The summed E-state index contributed by atoms with van der Waals surface area (Å²) in [7, 11) is 0. The summed E-state index contributed by atoms with van der Waals surface area (Å²) in [6, 6.07) is 6.40. The Labute approximate surface area is 120 Å². The van der Waals surface area contributed by atoms with Crippen LogP contribution < -0.4 is 16.4 Å². The number of carbonyl (C=O) groups is 3. The SMILES string of the molecule is C[C@H](NC(N)=O)C(=O)OCC(=O)Nc1cccc(C#N)c1. The molecule has 4 N–H and O–H groups in total. The number of hydrogen-bond donors (Lipinski definition) is 3. The van der Waals surface area contributed by atoms with Crippen molar-refractivity contribution >= 4 is 23.6 Å². The fraction of sp³-hybridized carbons (Fsp3) is 0.231. The lowest BCUT2D eigenvalue weighted by atomic mass is 10.2. The molecule has 0 radical (unpaired) electrons. The molecule has 1 rings (SSSR count). The van der Waals surface area contributed by atoms with Crippen molar-refractivity contribution in [3.8, 4) is 6.07 Å². The van der Waals surface area contributed by atoms with Crippen molar-refractivity contribution < 1.29 is 19.1 Å². The lowest BCUT2D eigenvalue weighted by Crippen LogP contribution is -2.43. The van der Waals surface area contributed by atoms with Gasteiger partial charge in [0.25, 0.3) is 5.91 Å². The molecule has 1 atom stereocenters. The van der Waals surface area contributed by atoms with Crippen LogP contribution in [0.4, 0.5) is 10.5 Å². The Balaban J connectivity index is 2.45. The molecule has 0 bridgehead atoms. The van der Waals surface area contributed by atoms with Gasteiger partial charge in [-0.25, -0.2) is 9.59 Å². The van der Waals surface area contributed by atoms with Crippen LogP contribution in [-0.2, 0) is 14.3 Å². The van der Waals surface area contributed by atoms with E-state index in [0.29, 0.717) is 11.3 Å². The molecule has 0 aliphatic rings. The van der Waals surface area contributed by atoms with Gasteiger partial charge in [-0.3, -0.25) is 4.79 Å². The molecule has 0 unspecified atom stereocenters. The third-order valence-electron chi connectivity index (χ3n) is 2.33. The van der Waals surface area contributed by atoms with Crippen molar-refractivity contribution in [3.63, 3.8) is 0 Å². The molecule has 1 aromatic carbocycles. The van der Waals surface area contributed by atoms with E-state index in [1.165, 1.54) is 13.0 Å². The minimum Gasteiger partial charge on any atom is -0.454 e. The van der Waals surface area contributed by atoms with E-state index in [1.807, 2.05) is 6.07 Å². The second kappa shape index (κ2) is 7.49. The maximum Gasteiger partial charge on any atom is 0.328 e. The number of hydrogen-bond acceptors (Lipinski definition) is 5. The lowest BCUT2D eigenvalue weighted by molar-refractivity contribution is -0.148. The van der Waals surface area contributed by atoms with Crippen molar-refractivity contribution in [2.45, 2.75) is 13.0 Å². The molecule has 0 saturated carbocycles. The number of rotatable bonds is 5. The van der Waals surface area contributed by atoms with Crippen molar-refractivity contribution in [2.75, 3.05) is 11.9 Å². The van der Waals surface area contributed by atoms with Gasteiger partial charge in [0, 0.05) is 5.69 Å². The van der Waals surface area contributed by atoms with E-state index in [0.717, 1.165) is 0 Å². The minimum absolute atomic E-state index is 0.393. The predicted octanol–water partition coefficient (Wildman–Crippen LogP) is 0.0968. The minimum atomic E-state index is -0.947. The number of ether oxygens (including phenoxy) is 1. The van der Waals surface area contributed by atoms with Crippen LogP contribution in [0, 0.1) is 11.3 Å². The van der Waals surface area contributed by atoms with E-state index in [4.69, 9.17) is 15.7 Å². The average Bonchev–Trinajstić information content (AvgIpc) is 2.44.